The van der Waals surface area contributed by atoms with Gasteiger partial charge in [0.2, 0.25) is 0 Å². The monoisotopic (exact) mass is 284 g/mol. The fourth-order valence-electron chi connectivity index (χ4n) is 2.48. The van der Waals surface area contributed by atoms with Gasteiger partial charge in [0.1, 0.15) is 0 Å². The molecule has 1 fully saturated rings. The van der Waals surface area contributed by atoms with E-state index < -0.39 is 11.0 Å². The predicted octanol–water partition coefficient (Wildman–Crippen LogP) is 3.21. The zero-order chi connectivity index (χ0) is 13.8. The van der Waals surface area contributed by atoms with E-state index in [1.807, 2.05) is 0 Å². The second kappa shape index (κ2) is 6.21. The summed E-state index contributed by atoms with van der Waals surface area (Å²) in [4.78, 5) is 10.1. The van der Waals surface area contributed by atoms with Crippen LogP contribution in [0.1, 0.15) is 25.7 Å². The van der Waals surface area contributed by atoms with Gasteiger partial charge in [-0.05, 0) is 24.8 Å². The fourth-order valence-corrected chi connectivity index (χ4v) is 2.73. The molecule has 0 radical (unpaired) electrons. The third-order valence-corrected chi connectivity index (χ3v) is 3.92. The van der Waals surface area contributed by atoms with Crippen molar-refractivity contribution in [2.75, 3.05) is 11.9 Å². The normalized spacial score (nSPS) is 17.4. The zero-order valence-electron chi connectivity index (χ0n) is 10.5. The molecule has 0 saturated heterocycles. The Bertz CT molecular complexity index is 461. The zero-order valence-corrected chi connectivity index (χ0v) is 11.3. The van der Waals surface area contributed by atoms with Gasteiger partial charge in [0.25, 0.3) is 5.69 Å². The molecule has 0 aromatic heterocycles. The summed E-state index contributed by atoms with van der Waals surface area (Å²) in [6.45, 7) is 0.419. The molecule has 19 heavy (non-hydrogen) atoms. The summed E-state index contributed by atoms with van der Waals surface area (Å²) in [6, 6.07) is 4.28. The van der Waals surface area contributed by atoms with Gasteiger partial charge in [-0.25, -0.2) is 0 Å². The number of anilines is 1. The van der Waals surface area contributed by atoms with Gasteiger partial charge >= 0.3 is 0 Å². The van der Waals surface area contributed by atoms with Crippen molar-refractivity contribution in [1.29, 1.82) is 0 Å². The van der Waals surface area contributed by atoms with Gasteiger partial charge in [0.05, 0.1) is 21.7 Å². The Hall–Kier alpha value is -1.33. The van der Waals surface area contributed by atoms with Crippen molar-refractivity contribution >= 4 is 23.0 Å². The van der Waals surface area contributed by atoms with Crippen LogP contribution in [0, 0.1) is 16.0 Å². The minimum Gasteiger partial charge on any atom is -0.391 e. The van der Waals surface area contributed by atoms with E-state index in [4.69, 9.17) is 11.6 Å². The van der Waals surface area contributed by atoms with Crippen LogP contribution >= 0.6 is 11.6 Å². The van der Waals surface area contributed by atoms with Crippen LogP contribution in [0.2, 0.25) is 5.02 Å². The third-order valence-electron chi connectivity index (χ3n) is 3.61. The first kappa shape index (κ1) is 14.1. The van der Waals surface area contributed by atoms with E-state index in [1.54, 1.807) is 6.07 Å². The number of nitro groups is 1. The van der Waals surface area contributed by atoms with Gasteiger partial charge < -0.3 is 10.4 Å². The third kappa shape index (κ3) is 3.58. The molecule has 1 unspecified atom stereocenters. The molecule has 2 N–H and O–H groups in total. The maximum Gasteiger partial charge on any atom is 0.271 e. The molecule has 104 valence electrons. The van der Waals surface area contributed by atoms with Gasteiger partial charge in [-0.2, -0.15) is 0 Å². The number of rotatable bonds is 5. The average Bonchev–Trinajstić information content (AvgIpc) is 2.90. The summed E-state index contributed by atoms with van der Waals surface area (Å²) < 4.78 is 0. The van der Waals surface area contributed by atoms with Crippen LogP contribution in [-0.4, -0.2) is 22.7 Å². The Morgan fingerprint density at radius 2 is 2.16 bits per heavy atom. The Labute approximate surface area is 116 Å². The second-order valence-corrected chi connectivity index (χ2v) is 5.32. The maximum absolute atomic E-state index is 10.6. The van der Waals surface area contributed by atoms with Crippen LogP contribution in [0.3, 0.4) is 0 Å². The standard InChI is InChI=1S/C13H17ClN2O3/c14-11-7-10(16(18)19)5-6-12(11)15-8-13(17)9-3-1-2-4-9/h5-7,9,13,15,17H,1-4,8H2. The highest BCUT2D eigenvalue weighted by Crippen LogP contribution is 2.29. The van der Waals surface area contributed by atoms with Gasteiger partial charge in [0, 0.05) is 18.7 Å². The van der Waals surface area contributed by atoms with Crippen molar-refractivity contribution in [3.63, 3.8) is 0 Å². The average molecular weight is 285 g/mol. The molecule has 1 aliphatic rings. The number of hydrogen-bond donors (Lipinski definition) is 2. The van der Waals surface area contributed by atoms with Gasteiger partial charge in [0.15, 0.2) is 0 Å². The molecule has 0 bridgehead atoms. The lowest BCUT2D eigenvalue weighted by molar-refractivity contribution is -0.384. The van der Waals surface area contributed by atoms with E-state index in [0.717, 1.165) is 12.8 Å². The highest BCUT2D eigenvalue weighted by Gasteiger charge is 2.23. The minimum atomic E-state index is -0.483. The molecule has 1 aliphatic carbocycles. The molecule has 0 heterocycles. The molecule has 1 aromatic rings. The smallest absolute Gasteiger partial charge is 0.271 e. The molecule has 5 nitrogen and oxygen atoms in total. The lowest BCUT2D eigenvalue weighted by atomic mass is 10.0. The molecule has 2 rings (SSSR count). The first-order valence-corrected chi connectivity index (χ1v) is 6.81. The largest absolute Gasteiger partial charge is 0.391 e. The topological polar surface area (TPSA) is 75.4 Å². The summed E-state index contributed by atoms with van der Waals surface area (Å²) in [6.07, 6.45) is 4.10. The van der Waals surface area contributed by atoms with E-state index in [9.17, 15) is 15.2 Å². The number of aliphatic hydroxyl groups is 1. The van der Waals surface area contributed by atoms with Crippen molar-refractivity contribution in [3.8, 4) is 0 Å². The lowest BCUT2D eigenvalue weighted by Crippen LogP contribution is -2.26. The molecule has 1 atom stereocenters. The second-order valence-electron chi connectivity index (χ2n) is 4.91. The van der Waals surface area contributed by atoms with Crippen LogP contribution in [0.4, 0.5) is 11.4 Å². The minimum absolute atomic E-state index is 0.0353. The van der Waals surface area contributed by atoms with Crippen molar-refractivity contribution in [2.45, 2.75) is 31.8 Å². The van der Waals surface area contributed by atoms with E-state index in [-0.39, 0.29) is 5.69 Å². The molecular weight excluding hydrogens is 268 g/mol. The first-order chi connectivity index (χ1) is 9.08. The maximum atomic E-state index is 10.6. The number of nitrogens with one attached hydrogen (secondary N) is 1. The van der Waals surface area contributed by atoms with Crippen LogP contribution in [-0.2, 0) is 0 Å². The number of non-ortho nitro benzene ring substituents is 1. The van der Waals surface area contributed by atoms with Crippen LogP contribution < -0.4 is 5.32 Å². The number of nitro benzene ring substituents is 1. The van der Waals surface area contributed by atoms with Crippen LogP contribution in [0.15, 0.2) is 18.2 Å². The van der Waals surface area contributed by atoms with Crippen molar-refractivity contribution < 1.29 is 10.0 Å². The van der Waals surface area contributed by atoms with E-state index in [1.165, 1.54) is 25.0 Å². The number of hydrogen-bond acceptors (Lipinski definition) is 4. The quantitative estimate of drug-likeness (QED) is 0.643. The van der Waals surface area contributed by atoms with Gasteiger partial charge in [-0.1, -0.05) is 24.4 Å². The number of aliphatic hydroxyl groups excluding tert-OH is 1. The van der Waals surface area contributed by atoms with Crippen LogP contribution in [0.25, 0.3) is 0 Å². The number of nitrogens with zero attached hydrogens (tertiary/aromatic N) is 1. The summed E-state index contributed by atoms with van der Waals surface area (Å²) in [5, 5.41) is 24.0. The predicted molar refractivity (Wildman–Crippen MR) is 74.6 cm³/mol. The fraction of sp³-hybridized carbons (Fsp3) is 0.538. The SMILES string of the molecule is O=[N+]([O-])c1ccc(NCC(O)C2CCCC2)c(Cl)c1. The van der Waals surface area contributed by atoms with Crippen molar-refractivity contribution in [1.82, 2.24) is 0 Å². The van der Waals surface area contributed by atoms with E-state index in [2.05, 4.69) is 5.32 Å². The number of halogens is 1. The highest BCUT2D eigenvalue weighted by molar-refractivity contribution is 6.33. The Morgan fingerprint density at radius 1 is 1.47 bits per heavy atom. The van der Waals surface area contributed by atoms with E-state index in [0.29, 0.717) is 23.2 Å². The molecular formula is C13H17ClN2O3. The Kier molecular flexibility index (Phi) is 4.61. The van der Waals surface area contributed by atoms with Crippen molar-refractivity contribution in [3.05, 3.63) is 33.3 Å². The summed E-state index contributed by atoms with van der Waals surface area (Å²) in [7, 11) is 0. The van der Waals surface area contributed by atoms with Gasteiger partial charge in [-0.15, -0.1) is 0 Å². The number of benzene rings is 1. The first-order valence-electron chi connectivity index (χ1n) is 6.44. The molecule has 0 aliphatic heterocycles. The van der Waals surface area contributed by atoms with Crippen molar-refractivity contribution in [2.24, 2.45) is 5.92 Å². The summed E-state index contributed by atoms with van der Waals surface area (Å²) in [5.74, 6) is 0.351. The van der Waals surface area contributed by atoms with Crippen LogP contribution in [0.5, 0.6) is 0 Å². The molecule has 1 saturated carbocycles. The lowest BCUT2D eigenvalue weighted by Gasteiger charge is -2.19. The Balaban J connectivity index is 1.93. The molecule has 1 aromatic carbocycles. The summed E-state index contributed by atoms with van der Waals surface area (Å²) >= 11 is 5.97. The van der Waals surface area contributed by atoms with Gasteiger partial charge in [-0.3, -0.25) is 10.1 Å². The van der Waals surface area contributed by atoms with E-state index >= 15 is 0 Å². The molecule has 0 spiro atoms. The Morgan fingerprint density at radius 3 is 2.74 bits per heavy atom. The molecule has 6 heteroatoms. The highest BCUT2D eigenvalue weighted by atomic mass is 35.5. The summed E-state index contributed by atoms with van der Waals surface area (Å²) in [5.41, 5.74) is 0.580. The molecule has 0 amide bonds.